The Bertz CT molecular complexity index is 430. The van der Waals surface area contributed by atoms with Gasteiger partial charge in [-0.15, -0.1) is 0 Å². The number of hydrogen-bond donors (Lipinski definition) is 1. The lowest BCUT2D eigenvalue weighted by molar-refractivity contribution is 0.383. The summed E-state index contributed by atoms with van der Waals surface area (Å²) in [5, 5.41) is 0. The highest BCUT2D eigenvalue weighted by Gasteiger charge is 2.26. The predicted octanol–water partition coefficient (Wildman–Crippen LogP) is 2.58. The molecule has 2 N–H and O–H groups in total. The van der Waals surface area contributed by atoms with Crippen LogP contribution in [0.5, 0.6) is 11.5 Å². The highest BCUT2D eigenvalue weighted by atomic mass is 16.5. The largest absolute Gasteiger partial charge is 0.496 e. The second-order valence-corrected chi connectivity index (χ2v) is 5.36. The van der Waals surface area contributed by atoms with Crippen LogP contribution < -0.4 is 20.1 Å². The molecule has 1 rings (SSSR count). The average molecular weight is 266 g/mol. The van der Waals surface area contributed by atoms with Gasteiger partial charge < -0.3 is 20.1 Å². The van der Waals surface area contributed by atoms with Crippen molar-refractivity contribution in [1.82, 2.24) is 0 Å². The molecule has 0 unspecified atom stereocenters. The third-order valence-electron chi connectivity index (χ3n) is 3.78. The molecule has 0 bridgehead atoms. The Morgan fingerprint density at radius 1 is 1.21 bits per heavy atom. The average Bonchev–Trinajstić information content (AvgIpc) is 2.37. The van der Waals surface area contributed by atoms with Crippen LogP contribution in [0.15, 0.2) is 12.1 Å². The van der Waals surface area contributed by atoms with E-state index in [1.54, 1.807) is 14.2 Å². The minimum Gasteiger partial charge on any atom is -0.496 e. The van der Waals surface area contributed by atoms with Crippen molar-refractivity contribution < 1.29 is 9.47 Å². The van der Waals surface area contributed by atoms with Crippen molar-refractivity contribution in [3.8, 4) is 11.5 Å². The Kier molecular flexibility index (Phi) is 5.06. The molecule has 108 valence electrons. The maximum atomic E-state index is 5.70. The zero-order valence-electron chi connectivity index (χ0n) is 12.9. The maximum absolute atomic E-state index is 5.70. The first-order chi connectivity index (χ1) is 8.88. The lowest BCUT2D eigenvalue weighted by Gasteiger charge is -2.38. The molecule has 0 radical (unpaired) electrons. The monoisotopic (exact) mass is 266 g/mol. The number of methoxy groups -OCH3 is 2. The molecule has 0 spiro atoms. The lowest BCUT2D eigenvalue weighted by atomic mass is 9.97. The van der Waals surface area contributed by atoms with Crippen molar-refractivity contribution in [3.63, 3.8) is 0 Å². The topological polar surface area (TPSA) is 47.7 Å². The summed E-state index contributed by atoms with van der Waals surface area (Å²) in [5.74, 6) is 1.69. The molecule has 0 fully saturated rings. The molecule has 0 heterocycles. The number of nitrogens with two attached hydrogens (primary N) is 1. The van der Waals surface area contributed by atoms with Crippen molar-refractivity contribution >= 4 is 5.69 Å². The fourth-order valence-electron chi connectivity index (χ4n) is 2.25. The van der Waals surface area contributed by atoms with Crippen molar-refractivity contribution in [2.75, 3.05) is 32.7 Å². The van der Waals surface area contributed by atoms with Crippen LogP contribution in [0.1, 0.15) is 25.8 Å². The van der Waals surface area contributed by atoms with Gasteiger partial charge in [-0.05, 0) is 45.9 Å². The highest BCUT2D eigenvalue weighted by molar-refractivity contribution is 5.66. The summed E-state index contributed by atoms with van der Waals surface area (Å²) >= 11 is 0. The van der Waals surface area contributed by atoms with E-state index in [1.807, 2.05) is 19.1 Å². The summed E-state index contributed by atoms with van der Waals surface area (Å²) in [6, 6.07) is 4.01. The SMILES string of the molecule is COc1ccc(N(C)C(C)(C)CCN)c(OC)c1C. The van der Waals surface area contributed by atoms with E-state index in [0.717, 1.165) is 29.2 Å². The first kappa shape index (κ1) is 15.6. The zero-order valence-corrected chi connectivity index (χ0v) is 12.9. The van der Waals surface area contributed by atoms with Gasteiger partial charge >= 0.3 is 0 Å². The van der Waals surface area contributed by atoms with Crippen LogP contribution >= 0.6 is 0 Å². The van der Waals surface area contributed by atoms with E-state index in [1.165, 1.54) is 0 Å². The van der Waals surface area contributed by atoms with Gasteiger partial charge in [0, 0.05) is 18.2 Å². The number of benzene rings is 1. The quantitative estimate of drug-likeness (QED) is 0.859. The van der Waals surface area contributed by atoms with Crippen LogP contribution in [0, 0.1) is 6.92 Å². The minimum absolute atomic E-state index is 0.0247. The molecule has 0 aromatic heterocycles. The lowest BCUT2D eigenvalue weighted by Crippen LogP contribution is -2.43. The first-order valence-corrected chi connectivity index (χ1v) is 6.54. The number of hydrogen-bond acceptors (Lipinski definition) is 4. The van der Waals surface area contributed by atoms with Crippen LogP contribution in [0.25, 0.3) is 0 Å². The molecule has 1 aromatic rings. The molecular formula is C15H26N2O2. The summed E-state index contributed by atoms with van der Waals surface area (Å²) in [5.41, 5.74) is 7.74. The normalized spacial score (nSPS) is 11.3. The van der Waals surface area contributed by atoms with Gasteiger partial charge in [0.25, 0.3) is 0 Å². The molecule has 0 saturated heterocycles. The van der Waals surface area contributed by atoms with E-state index >= 15 is 0 Å². The number of rotatable bonds is 6. The standard InChI is InChI=1S/C15H26N2O2/c1-11-13(18-5)8-7-12(14(11)19-6)17(4)15(2,3)9-10-16/h7-8H,9-10,16H2,1-6H3. The third-order valence-corrected chi connectivity index (χ3v) is 3.78. The Morgan fingerprint density at radius 2 is 1.84 bits per heavy atom. The molecule has 0 atom stereocenters. The molecule has 19 heavy (non-hydrogen) atoms. The fourth-order valence-corrected chi connectivity index (χ4v) is 2.25. The highest BCUT2D eigenvalue weighted by Crippen LogP contribution is 2.39. The van der Waals surface area contributed by atoms with E-state index in [-0.39, 0.29) is 5.54 Å². The van der Waals surface area contributed by atoms with Gasteiger partial charge in [-0.3, -0.25) is 0 Å². The van der Waals surface area contributed by atoms with Crippen molar-refractivity contribution in [3.05, 3.63) is 17.7 Å². The first-order valence-electron chi connectivity index (χ1n) is 6.54. The Hall–Kier alpha value is -1.42. The predicted molar refractivity (Wildman–Crippen MR) is 80.4 cm³/mol. The fraction of sp³-hybridized carbons (Fsp3) is 0.600. The van der Waals surface area contributed by atoms with E-state index in [9.17, 15) is 0 Å². The summed E-state index contributed by atoms with van der Waals surface area (Å²) in [6.45, 7) is 7.03. The maximum Gasteiger partial charge on any atom is 0.148 e. The van der Waals surface area contributed by atoms with E-state index in [0.29, 0.717) is 6.54 Å². The van der Waals surface area contributed by atoms with Crippen LogP contribution in [-0.4, -0.2) is 33.4 Å². The summed E-state index contributed by atoms with van der Waals surface area (Å²) in [6.07, 6.45) is 0.914. The van der Waals surface area contributed by atoms with Gasteiger partial charge in [0.15, 0.2) is 0 Å². The molecule has 4 heteroatoms. The van der Waals surface area contributed by atoms with Crippen molar-refractivity contribution in [2.24, 2.45) is 5.73 Å². The molecule has 0 aliphatic rings. The van der Waals surface area contributed by atoms with Gasteiger partial charge in [0.05, 0.1) is 19.9 Å². The van der Waals surface area contributed by atoms with Crippen LogP contribution in [-0.2, 0) is 0 Å². The minimum atomic E-state index is -0.0247. The van der Waals surface area contributed by atoms with Crippen LogP contribution in [0.2, 0.25) is 0 Å². The zero-order chi connectivity index (χ0) is 14.6. The van der Waals surface area contributed by atoms with E-state index in [4.69, 9.17) is 15.2 Å². The summed E-state index contributed by atoms with van der Waals surface area (Å²) in [4.78, 5) is 2.21. The van der Waals surface area contributed by atoms with Crippen molar-refractivity contribution in [2.45, 2.75) is 32.7 Å². The van der Waals surface area contributed by atoms with E-state index in [2.05, 4.69) is 25.8 Å². The Balaban J connectivity index is 3.23. The van der Waals surface area contributed by atoms with E-state index < -0.39 is 0 Å². The van der Waals surface area contributed by atoms with Gasteiger partial charge in [-0.2, -0.15) is 0 Å². The summed E-state index contributed by atoms with van der Waals surface area (Å²) < 4.78 is 10.9. The van der Waals surface area contributed by atoms with Gasteiger partial charge in [-0.25, -0.2) is 0 Å². The third kappa shape index (κ3) is 3.13. The Morgan fingerprint density at radius 3 is 2.32 bits per heavy atom. The number of ether oxygens (including phenoxy) is 2. The van der Waals surface area contributed by atoms with Gasteiger partial charge in [0.2, 0.25) is 0 Å². The molecule has 0 amide bonds. The second kappa shape index (κ2) is 6.15. The van der Waals surface area contributed by atoms with Crippen molar-refractivity contribution in [1.29, 1.82) is 0 Å². The van der Waals surface area contributed by atoms with Gasteiger partial charge in [0.1, 0.15) is 11.5 Å². The van der Waals surface area contributed by atoms with Crippen LogP contribution in [0.4, 0.5) is 5.69 Å². The summed E-state index contributed by atoms with van der Waals surface area (Å²) in [7, 11) is 5.43. The molecule has 0 aliphatic heterocycles. The Labute approximate surface area is 116 Å². The van der Waals surface area contributed by atoms with Crippen LogP contribution in [0.3, 0.4) is 0 Å². The molecule has 0 saturated carbocycles. The molecular weight excluding hydrogens is 240 g/mol. The molecule has 0 aliphatic carbocycles. The second-order valence-electron chi connectivity index (χ2n) is 5.36. The molecule has 4 nitrogen and oxygen atoms in total. The smallest absolute Gasteiger partial charge is 0.148 e. The number of nitrogens with zero attached hydrogens (tertiary/aromatic N) is 1. The molecule has 1 aromatic carbocycles. The van der Waals surface area contributed by atoms with Gasteiger partial charge in [-0.1, -0.05) is 0 Å². The number of anilines is 1.